The van der Waals surface area contributed by atoms with E-state index in [4.69, 9.17) is 11.6 Å². The van der Waals surface area contributed by atoms with E-state index >= 15 is 0 Å². The quantitative estimate of drug-likeness (QED) is 0.629. The zero-order valence-electron chi connectivity index (χ0n) is 12.7. The van der Waals surface area contributed by atoms with Crippen LogP contribution in [0.3, 0.4) is 0 Å². The van der Waals surface area contributed by atoms with Gasteiger partial charge >= 0.3 is 6.18 Å². The fourth-order valence-electron chi connectivity index (χ4n) is 2.07. The summed E-state index contributed by atoms with van der Waals surface area (Å²) in [5.74, 6) is 0.776. The number of hydrogen-bond donors (Lipinski definition) is 2. The van der Waals surface area contributed by atoms with Crippen molar-refractivity contribution >= 4 is 34.7 Å². The summed E-state index contributed by atoms with van der Waals surface area (Å²) in [5.41, 5.74) is 0.495. The largest absolute Gasteiger partial charge is 0.416 e. The molecule has 0 fully saturated rings. The van der Waals surface area contributed by atoms with Gasteiger partial charge in [0, 0.05) is 22.6 Å². The van der Waals surface area contributed by atoms with Crippen molar-refractivity contribution in [1.82, 2.24) is 9.97 Å². The van der Waals surface area contributed by atoms with Crippen LogP contribution in [0.5, 0.6) is 0 Å². The number of aromatic nitrogens is 2. The van der Waals surface area contributed by atoms with Crippen LogP contribution < -0.4 is 10.6 Å². The maximum atomic E-state index is 12.6. The van der Waals surface area contributed by atoms with E-state index in [-0.39, 0.29) is 5.95 Å². The third kappa shape index (κ3) is 4.60. The second kappa shape index (κ2) is 6.98. The third-order valence-electron chi connectivity index (χ3n) is 3.22. The number of hydrogen-bond acceptors (Lipinski definition) is 4. The van der Waals surface area contributed by atoms with Crippen molar-refractivity contribution in [2.24, 2.45) is 0 Å². The Morgan fingerprint density at radius 1 is 0.880 bits per heavy atom. The average Bonchev–Trinajstić information content (AvgIpc) is 2.55. The lowest BCUT2D eigenvalue weighted by molar-refractivity contribution is -0.137. The minimum absolute atomic E-state index is 0.256. The molecule has 2 aromatic carbocycles. The Labute approximate surface area is 146 Å². The van der Waals surface area contributed by atoms with Gasteiger partial charge in [0.15, 0.2) is 0 Å². The van der Waals surface area contributed by atoms with Gasteiger partial charge in [0.25, 0.3) is 0 Å². The number of alkyl halides is 3. The van der Waals surface area contributed by atoms with Crippen molar-refractivity contribution in [3.8, 4) is 0 Å². The molecule has 0 atom stereocenters. The van der Waals surface area contributed by atoms with Gasteiger partial charge in [0.1, 0.15) is 5.82 Å². The van der Waals surface area contributed by atoms with Gasteiger partial charge in [-0.25, -0.2) is 4.98 Å². The Balaban J connectivity index is 1.73. The lowest BCUT2D eigenvalue weighted by Gasteiger charge is -2.10. The van der Waals surface area contributed by atoms with Gasteiger partial charge in [0.2, 0.25) is 5.95 Å². The highest BCUT2D eigenvalue weighted by molar-refractivity contribution is 6.30. The summed E-state index contributed by atoms with van der Waals surface area (Å²) in [6.45, 7) is 0. The van der Waals surface area contributed by atoms with Crippen molar-refractivity contribution in [3.63, 3.8) is 0 Å². The smallest absolute Gasteiger partial charge is 0.340 e. The first-order valence-corrected chi connectivity index (χ1v) is 7.58. The monoisotopic (exact) mass is 364 g/mol. The van der Waals surface area contributed by atoms with Gasteiger partial charge < -0.3 is 10.6 Å². The normalized spacial score (nSPS) is 11.2. The van der Waals surface area contributed by atoms with E-state index in [0.717, 1.165) is 17.8 Å². The summed E-state index contributed by atoms with van der Waals surface area (Å²) in [6, 6.07) is 13.4. The standard InChI is InChI=1S/C17H12ClF3N4/c18-12-2-1-3-14(10-12)23-15-8-9-22-16(25-15)24-13-6-4-11(5-7-13)17(19,20)21/h1-10H,(H2,22,23,24,25). The zero-order valence-corrected chi connectivity index (χ0v) is 13.4. The molecule has 128 valence electrons. The minimum Gasteiger partial charge on any atom is -0.340 e. The molecular formula is C17H12ClF3N4. The maximum absolute atomic E-state index is 12.6. The van der Waals surface area contributed by atoms with Gasteiger partial charge in [-0.2, -0.15) is 18.2 Å². The lowest BCUT2D eigenvalue weighted by atomic mass is 10.2. The Morgan fingerprint density at radius 2 is 1.64 bits per heavy atom. The van der Waals surface area contributed by atoms with E-state index in [1.54, 1.807) is 24.3 Å². The fraction of sp³-hybridized carbons (Fsp3) is 0.0588. The molecule has 0 aliphatic carbocycles. The predicted molar refractivity (Wildman–Crippen MR) is 91.5 cm³/mol. The first kappa shape index (κ1) is 17.0. The van der Waals surface area contributed by atoms with E-state index in [1.165, 1.54) is 18.3 Å². The van der Waals surface area contributed by atoms with E-state index in [9.17, 15) is 13.2 Å². The molecule has 3 rings (SSSR count). The molecule has 0 aliphatic rings. The molecule has 0 saturated heterocycles. The molecule has 1 heterocycles. The van der Waals surface area contributed by atoms with Gasteiger partial charge in [-0.1, -0.05) is 17.7 Å². The highest BCUT2D eigenvalue weighted by Gasteiger charge is 2.29. The number of nitrogens with one attached hydrogen (secondary N) is 2. The van der Waals surface area contributed by atoms with Gasteiger partial charge in [-0.05, 0) is 48.5 Å². The van der Waals surface area contributed by atoms with Crippen molar-refractivity contribution < 1.29 is 13.2 Å². The van der Waals surface area contributed by atoms with Crippen LogP contribution in [-0.4, -0.2) is 9.97 Å². The molecule has 0 unspecified atom stereocenters. The Kier molecular flexibility index (Phi) is 4.76. The number of rotatable bonds is 4. The maximum Gasteiger partial charge on any atom is 0.416 e. The summed E-state index contributed by atoms with van der Waals surface area (Å²) < 4.78 is 37.7. The van der Waals surface area contributed by atoms with E-state index < -0.39 is 11.7 Å². The molecule has 3 aromatic rings. The van der Waals surface area contributed by atoms with Crippen molar-refractivity contribution in [3.05, 3.63) is 71.4 Å². The molecule has 4 nitrogen and oxygen atoms in total. The number of benzene rings is 2. The van der Waals surface area contributed by atoms with Crippen molar-refractivity contribution in [2.45, 2.75) is 6.18 Å². The summed E-state index contributed by atoms with van der Waals surface area (Å²) in [6.07, 6.45) is -2.83. The Bertz CT molecular complexity index is 866. The van der Waals surface area contributed by atoms with Crippen LogP contribution >= 0.6 is 11.6 Å². The fourth-order valence-corrected chi connectivity index (χ4v) is 2.26. The van der Waals surface area contributed by atoms with Crippen molar-refractivity contribution in [1.29, 1.82) is 0 Å². The van der Waals surface area contributed by atoms with Crippen molar-refractivity contribution in [2.75, 3.05) is 10.6 Å². The van der Waals surface area contributed by atoms with Crippen LogP contribution in [0.2, 0.25) is 5.02 Å². The van der Waals surface area contributed by atoms with Gasteiger partial charge in [0.05, 0.1) is 5.56 Å². The molecule has 0 bridgehead atoms. The first-order chi connectivity index (χ1) is 11.9. The van der Waals surface area contributed by atoms with Crippen LogP contribution in [0.25, 0.3) is 0 Å². The number of anilines is 4. The number of halogens is 4. The molecule has 8 heteroatoms. The predicted octanol–water partition coefficient (Wildman–Crippen LogP) is 5.64. The molecule has 1 aromatic heterocycles. The highest BCUT2D eigenvalue weighted by Crippen LogP contribution is 2.30. The summed E-state index contributed by atoms with van der Waals surface area (Å²) >= 11 is 5.93. The number of nitrogens with zero attached hydrogens (tertiary/aromatic N) is 2. The molecule has 0 radical (unpaired) electrons. The second-order valence-corrected chi connectivity index (χ2v) is 5.54. The topological polar surface area (TPSA) is 49.8 Å². The molecule has 25 heavy (non-hydrogen) atoms. The Hall–Kier alpha value is -2.80. The van der Waals surface area contributed by atoms with Crippen LogP contribution in [-0.2, 0) is 6.18 Å². The Morgan fingerprint density at radius 3 is 2.32 bits per heavy atom. The molecular weight excluding hydrogens is 353 g/mol. The first-order valence-electron chi connectivity index (χ1n) is 7.20. The summed E-state index contributed by atoms with van der Waals surface area (Å²) in [7, 11) is 0. The molecule has 0 spiro atoms. The lowest BCUT2D eigenvalue weighted by Crippen LogP contribution is -2.05. The molecule has 0 amide bonds. The highest BCUT2D eigenvalue weighted by atomic mass is 35.5. The molecule has 2 N–H and O–H groups in total. The van der Waals surface area contributed by atoms with Crippen LogP contribution in [0.4, 0.5) is 36.3 Å². The molecule has 0 aliphatic heterocycles. The van der Waals surface area contributed by atoms with E-state index in [0.29, 0.717) is 16.5 Å². The zero-order chi connectivity index (χ0) is 17.9. The SMILES string of the molecule is FC(F)(F)c1ccc(Nc2nccc(Nc3cccc(Cl)c3)n2)cc1. The second-order valence-electron chi connectivity index (χ2n) is 5.10. The van der Waals surface area contributed by atoms with E-state index in [1.807, 2.05) is 6.07 Å². The van der Waals surface area contributed by atoms with Crippen LogP contribution in [0.1, 0.15) is 5.56 Å². The molecule has 0 saturated carbocycles. The van der Waals surface area contributed by atoms with Gasteiger partial charge in [-0.3, -0.25) is 0 Å². The summed E-state index contributed by atoms with van der Waals surface area (Å²) in [5, 5.41) is 6.53. The van der Waals surface area contributed by atoms with Crippen LogP contribution in [0, 0.1) is 0 Å². The van der Waals surface area contributed by atoms with Gasteiger partial charge in [-0.15, -0.1) is 0 Å². The third-order valence-corrected chi connectivity index (χ3v) is 3.46. The minimum atomic E-state index is -4.37. The summed E-state index contributed by atoms with van der Waals surface area (Å²) in [4.78, 5) is 8.32. The average molecular weight is 365 g/mol. The van der Waals surface area contributed by atoms with Crippen LogP contribution in [0.15, 0.2) is 60.8 Å². The van der Waals surface area contributed by atoms with E-state index in [2.05, 4.69) is 20.6 Å².